The van der Waals surface area contributed by atoms with Gasteiger partial charge in [-0.1, -0.05) is 55.8 Å². The van der Waals surface area contributed by atoms with E-state index in [0.717, 1.165) is 32.3 Å². The van der Waals surface area contributed by atoms with Crippen LogP contribution in [0.4, 0.5) is 0 Å². The Kier molecular flexibility index (Phi) is 8.90. The Morgan fingerprint density at radius 2 is 1.08 bits per heavy atom. The molecule has 0 fully saturated rings. The number of carbonyl (C=O) groups is 4. The summed E-state index contributed by atoms with van der Waals surface area (Å²) in [7, 11) is 0. The lowest BCUT2D eigenvalue weighted by molar-refractivity contribution is 0.0236. The molecule has 0 aliphatic carbocycles. The third-order valence-electron chi connectivity index (χ3n) is 11.0. The van der Waals surface area contributed by atoms with Crippen molar-refractivity contribution in [3.63, 3.8) is 0 Å². The van der Waals surface area contributed by atoms with Crippen molar-refractivity contribution in [2.45, 2.75) is 111 Å². The summed E-state index contributed by atoms with van der Waals surface area (Å²) in [6.07, 6.45) is 3.28. The molecular formula is C42H45BrN2O6. The molecular weight excluding hydrogens is 708 g/mol. The maximum Gasteiger partial charge on any atom is 0.261 e. The van der Waals surface area contributed by atoms with Crippen LogP contribution >= 0.6 is 15.9 Å². The first-order chi connectivity index (χ1) is 24.3. The van der Waals surface area contributed by atoms with Crippen molar-refractivity contribution >= 4 is 82.6 Å². The molecule has 0 bridgehead atoms. The number of halogens is 1. The molecule has 2 aliphatic heterocycles. The summed E-state index contributed by atoms with van der Waals surface area (Å²) >= 11 is 3.84. The minimum Gasteiger partial charge on any atom is -0.487 e. The van der Waals surface area contributed by atoms with E-state index in [1.165, 1.54) is 9.80 Å². The average Bonchev–Trinajstić information content (AvgIpc) is 3.09. The highest BCUT2D eigenvalue weighted by Gasteiger charge is 2.41. The molecule has 0 radical (unpaired) electrons. The fourth-order valence-electron chi connectivity index (χ4n) is 8.36. The van der Waals surface area contributed by atoms with Crippen molar-refractivity contribution in [2.75, 3.05) is 6.61 Å². The van der Waals surface area contributed by atoms with Crippen molar-refractivity contribution in [3.8, 4) is 5.75 Å². The minimum absolute atomic E-state index is 0.0695. The van der Waals surface area contributed by atoms with Crippen LogP contribution in [0.2, 0.25) is 0 Å². The Morgan fingerprint density at radius 3 is 1.57 bits per heavy atom. The molecule has 0 saturated carbocycles. The van der Waals surface area contributed by atoms with E-state index < -0.39 is 5.60 Å². The van der Waals surface area contributed by atoms with Crippen LogP contribution in [0.1, 0.15) is 129 Å². The maximum absolute atomic E-state index is 14.5. The molecule has 51 heavy (non-hydrogen) atoms. The number of fused-ring (bicyclic) bond motifs is 2. The van der Waals surface area contributed by atoms with Crippen LogP contribution in [0, 0.1) is 0 Å². The fraction of sp³-hybridized carbons (Fsp3) is 0.429. The molecule has 4 amide bonds. The van der Waals surface area contributed by atoms with E-state index >= 15 is 0 Å². The van der Waals surface area contributed by atoms with E-state index in [-0.39, 0.29) is 41.8 Å². The summed E-state index contributed by atoms with van der Waals surface area (Å²) in [5.41, 5.74) is 1.17. The van der Waals surface area contributed by atoms with Gasteiger partial charge in [0.2, 0.25) is 0 Å². The number of imide groups is 2. The minimum atomic E-state index is -0.693. The van der Waals surface area contributed by atoms with Crippen molar-refractivity contribution in [2.24, 2.45) is 0 Å². The predicted octanol–water partition coefficient (Wildman–Crippen LogP) is 10.0. The van der Waals surface area contributed by atoms with E-state index in [0.29, 0.717) is 82.0 Å². The summed E-state index contributed by atoms with van der Waals surface area (Å²) in [5.74, 6) is -0.721. The van der Waals surface area contributed by atoms with Gasteiger partial charge in [-0.05, 0) is 88.4 Å². The van der Waals surface area contributed by atoms with E-state index in [1.54, 1.807) is 6.07 Å². The van der Waals surface area contributed by atoms with Gasteiger partial charge in [-0.2, -0.15) is 0 Å². The average molecular weight is 754 g/mol. The normalized spacial score (nSPS) is 15.1. The molecule has 0 unspecified atom stereocenters. The smallest absolute Gasteiger partial charge is 0.261 e. The van der Waals surface area contributed by atoms with Crippen molar-refractivity contribution in [3.05, 3.63) is 63.1 Å². The predicted molar refractivity (Wildman–Crippen MR) is 206 cm³/mol. The zero-order valence-corrected chi connectivity index (χ0v) is 32.2. The second-order valence-corrected chi connectivity index (χ2v) is 15.7. The number of carbonyl (C=O) groups excluding carboxylic acids is 4. The third kappa shape index (κ3) is 5.25. The molecule has 7 rings (SSSR count). The maximum atomic E-state index is 14.5. The van der Waals surface area contributed by atoms with Crippen molar-refractivity contribution in [1.29, 1.82) is 0 Å². The lowest BCUT2D eigenvalue weighted by Crippen LogP contribution is -2.46. The van der Waals surface area contributed by atoms with E-state index in [1.807, 2.05) is 85.7 Å². The zero-order chi connectivity index (χ0) is 36.7. The first-order valence-electron chi connectivity index (χ1n) is 18.3. The Balaban J connectivity index is 1.60. The van der Waals surface area contributed by atoms with Crippen LogP contribution in [0.5, 0.6) is 5.75 Å². The number of hydrogen-bond donors (Lipinski definition) is 0. The molecule has 0 atom stereocenters. The molecule has 2 aliphatic rings. The summed E-state index contributed by atoms with van der Waals surface area (Å²) in [6.45, 7) is 16.5. The van der Waals surface area contributed by atoms with Crippen LogP contribution in [0.25, 0.3) is 43.1 Å². The number of amides is 4. The molecule has 9 heteroatoms. The van der Waals surface area contributed by atoms with E-state index in [9.17, 15) is 19.2 Å². The number of rotatable bonds is 12. The quantitative estimate of drug-likeness (QED) is 0.0716. The van der Waals surface area contributed by atoms with Gasteiger partial charge in [-0.15, -0.1) is 0 Å². The lowest BCUT2D eigenvalue weighted by atomic mass is 9.81. The van der Waals surface area contributed by atoms with Crippen molar-refractivity contribution < 1.29 is 28.7 Å². The van der Waals surface area contributed by atoms with Crippen LogP contribution < -0.4 is 4.74 Å². The van der Waals surface area contributed by atoms with Crippen LogP contribution in [0.3, 0.4) is 0 Å². The summed E-state index contributed by atoms with van der Waals surface area (Å²) in [5, 5.41) is 5.89. The van der Waals surface area contributed by atoms with Crippen molar-refractivity contribution in [1.82, 2.24) is 9.80 Å². The van der Waals surface area contributed by atoms with E-state index in [2.05, 4.69) is 15.9 Å². The number of ether oxygens (including phenoxy) is 2. The molecule has 5 aromatic carbocycles. The second kappa shape index (κ2) is 12.8. The van der Waals surface area contributed by atoms with Crippen LogP contribution in [-0.4, -0.2) is 63.8 Å². The monoisotopic (exact) mass is 752 g/mol. The van der Waals surface area contributed by atoms with E-state index in [4.69, 9.17) is 9.47 Å². The molecule has 5 aromatic rings. The van der Waals surface area contributed by atoms with Gasteiger partial charge in [0.15, 0.2) is 0 Å². The van der Waals surface area contributed by atoms with Crippen LogP contribution in [-0.2, 0) is 4.74 Å². The standard InChI is InChI=1S/C42H45BrN2O6/c1-9-22(10-2)44-38(46)26-16-14-25-35-31(51-42(7,8)17-18-50-21(5)6)20-29-33-27(39(47)45(41(29)49)23(11-3)12-4)15-13-24(37(33)35)34-30(43)19-28(40(44)48)32(26)36(25)34/h13-16,19-23H,9-12,17-18H2,1-8H3. The van der Waals surface area contributed by atoms with Crippen LogP contribution in [0.15, 0.2) is 40.9 Å². The van der Waals surface area contributed by atoms with Gasteiger partial charge < -0.3 is 9.47 Å². The number of nitrogens with zero attached hydrogens (tertiary/aromatic N) is 2. The molecule has 8 nitrogen and oxygen atoms in total. The Morgan fingerprint density at radius 1 is 0.627 bits per heavy atom. The van der Waals surface area contributed by atoms with Gasteiger partial charge in [0.1, 0.15) is 11.4 Å². The molecule has 0 N–H and O–H groups in total. The summed E-state index contributed by atoms with van der Waals surface area (Å²) in [6, 6.07) is 10.7. The Hall–Kier alpha value is -4.08. The van der Waals surface area contributed by atoms with Gasteiger partial charge in [0.25, 0.3) is 23.6 Å². The highest BCUT2D eigenvalue weighted by molar-refractivity contribution is 9.10. The SMILES string of the molecule is CCC(CC)N1C(=O)c2ccc3c4c(OC(C)(C)CCOC(C)C)cc5c6c(ccc(c7c(Br)cc(c2c37)C1=O)c64)C(=O)N(C(CC)CC)C5=O. The Labute approximate surface area is 306 Å². The van der Waals surface area contributed by atoms with Gasteiger partial charge in [0, 0.05) is 72.0 Å². The molecule has 266 valence electrons. The zero-order valence-electron chi connectivity index (χ0n) is 30.7. The molecule has 0 aromatic heterocycles. The summed E-state index contributed by atoms with van der Waals surface area (Å²) in [4.78, 5) is 59.9. The Bertz CT molecular complexity index is 2280. The molecule has 2 heterocycles. The third-order valence-corrected chi connectivity index (χ3v) is 11.6. The number of benzene rings is 5. The highest BCUT2D eigenvalue weighted by Crippen LogP contribution is 2.52. The van der Waals surface area contributed by atoms with Gasteiger partial charge >= 0.3 is 0 Å². The fourth-order valence-corrected chi connectivity index (χ4v) is 9.00. The highest BCUT2D eigenvalue weighted by atomic mass is 79.9. The summed E-state index contributed by atoms with van der Waals surface area (Å²) < 4.78 is 13.5. The second-order valence-electron chi connectivity index (χ2n) is 14.8. The van der Waals surface area contributed by atoms with Gasteiger partial charge in [0.05, 0.1) is 18.3 Å². The van der Waals surface area contributed by atoms with Gasteiger partial charge in [-0.25, -0.2) is 0 Å². The molecule has 0 spiro atoms. The first-order valence-corrected chi connectivity index (χ1v) is 19.1. The largest absolute Gasteiger partial charge is 0.487 e. The van der Waals surface area contributed by atoms with Gasteiger partial charge in [-0.3, -0.25) is 29.0 Å². The topological polar surface area (TPSA) is 93.2 Å². The molecule has 0 saturated heterocycles. The number of hydrogen-bond acceptors (Lipinski definition) is 6. The lowest BCUT2D eigenvalue weighted by Gasteiger charge is -2.35. The first kappa shape index (κ1) is 35.3.